The van der Waals surface area contributed by atoms with Gasteiger partial charge in [-0.25, -0.2) is 0 Å². The van der Waals surface area contributed by atoms with Crippen molar-refractivity contribution in [3.05, 3.63) is 51.0 Å². The second-order valence-electron chi connectivity index (χ2n) is 3.37. The molecule has 18 heavy (non-hydrogen) atoms. The van der Waals surface area contributed by atoms with Crippen LogP contribution in [-0.4, -0.2) is 9.91 Å². The number of benzene rings is 1. The molecular weight excluding hydrogens is 302 g/mol. The summed E-state index contributed by atoms with van der Waals surface area (Å²) in [7, 11) is 0. The average molecular weight is 310 g/mol. The first-order valence-electron chi connectivity index (χ1n) is 4.90. The summed E-state index contributed by atoms with van der Waals surface area (Å²) >= 11 is 3.25. The third-order valence-electron chi connectivity index (χ3n) is 2.09. The quantitative estimate of drug-likeness (QED) is 0.694. The van der Waals surface area contributed by atoms with Crippen LogP contribution in [0.2, 0.25) is 0 Å². The van der Waals surface area contributed by atoms with Crippen LogP contribution in [0.4, 0.5) is 11.5 Å². The molecule has 1 aromatic carbocycles. The molecule has 0 fully saturated rings. The minimum atomic E-state index is -0.494. The van der Waals surface area contributed by atoms with Gasteiger partial charge in [-0.3, -0.25) is 10.1 Å². The van der Waals surface area contributed by atoms with Crippen LogP contribution < -0.4 is 10.5 Å². The van der Waals surface area contributed by atoms with E-state index in [4.69, 9.17) is 10.5 Å². The molecule has 1 aromatic heterocycles. The van der Waals surface area contributed by atoms with Crippen LogP contribution in [0, 0.1) is 10.1 Å². The first-order chi connectivity index (χ1) is 8.56. The Labute approximate surface area is 111 Å². The van der Waals surface area contributed by atoms with Crippen LogP contribution in [0.5, 0.6) is 11.6 Å². The number of halogens is 1. The maximum Gasteiger partial charge on any atom is 0.273 e. The van der Waals surface area contributed by atoms with Gasteiger partial charge in [0.15, 0.2) is 5.75 Å². The van der Waals surface area contributed by atoms with Gasteiger partial charge in [0.2, 0.25) is 5.88 Å². The lowest BCUT2D eigenvalue weighted by Crippen LogP contribution is -1.94. The van der Waals surface area contributed by atoms with Gasteiger partial charge in [0.1, 0.15) is 5.82 Å². The Bertz CT molecular complexity index is 604. The molecule has 2 rings (SSSR count). The van der Waals surface area contributed by atoms with Crippen LogP contribution in [0.1, 0.15) is 0 Å². The highest BCUT2D eigenvalue weighted by molar-refractivity contribution is 9.10. The second kappa shape index (κ2) is 5.01. The summed E-state index contributed by atoms with van der Waals surface area (Å²) < 4.78 is 6.03. The Balaban J connectivity index is 2.33. The summed E-state index contributed by atoms with van der Waals surface area (Å²) in [5.41, 5.74) is 5.46. The van der Waals surface area contributed by atoms with Crippen molar-refractivity contribution < 1.29 is 9.66 Å². The Morgan fingerprint density at radius 1 is 1.33 bits per heavy atom. The van der Waals surface area contributed by atoms with Gasteiger partial charge in [0.25, 0.3) is 5.69 Å². The van der Waals surface area contributed by atoms with E-state index in [1.165, 1.54) is 12.1 Å². The fourth-order valence-electron chi connectivity index (χ4n) is 1.28. The molecule has 0 saturated carbocycles. The largest absolute Gasteiger partial charge is 0.438 e. The number of nitro groups is 1. The van der Waals surface area contributed by atoms with E-state index in [9.17, 15) is 10.1 Å². The molecule has 0 saturated heterocycles. The predicted molar refractivity (Wildman–Crippen MR) is 69.5 cm³/mol. The highest BCUT2D eigenvalue weighted by atomic mass is 79.9. The summed E-state index contributed by atoms with van der Waals surface area (Å²) in [6.45, 7) is 0. The highest BCUT2D eigenvalue weighted by Gasteiger charge is 2.11. The molecule has 0 aliphatic carbocycles. The van der Waals surface area contributed by atoms with Crippen LogP contribution in [0.3, 0.4) is 0 Å². The number of pyridine rings is 1. The van der Waals surface area contributed by atoms with E-state index in [-0.39, 0.29) is 11.6 Å². The second-order valence-corrected chi connectivity index (χ2v) is 4.23. The Hall–Kier alpha value is -2.15. The molecule has 0 bridgehead atoms. The number of rotatable bonds is 3. The minimum Gasteiger partial charge on any atom is -0.438 e. The molecule has 0 radical (unpaired) electrons. The summed E-state index contributed by atoms with van der Waals surface area (Å²) in [4.78, 5) is 14.1. The molecule has 0 aliphatic heterocycles. The summed E-state index contributed by atoms with van der Waals surface area (Å²) in [5.74, 6) is 0.896. The number of hydrogen-bond donors (Lipinski definition) is 1. The molecule has 0 aliphatic rings. The molecule has 2 aromatic rings. The van der Waals surface area contributed by atoms with Crippen molar-refractivity contribution in [2.24, 2.45) is 0 Å². The summed E-state index contributed by atoms with van der Waals surface area (Å²) in [6, 6.07) is 9.15. The monoisotopic (exact) mass is 309 g/mol. The standard InChI is InChI=1S/C11H8BrN3O3/c12-8-5-4-7(15(16)17)6-9(8)18-11-3-1-2-10(13)14-11/h1-6H,(H2,13,14). The molecular formula is C11H8BrN3O3. The molecule has 2 N–H and O–H groups in total. The van der Waals surface area contributed by atoms with Crippen molar-refractivity contribution in [2.75, 3.05) is 5.73 Å². The zero-order chi connectivity index (χ0) is 13.1. The van der Waals surface area contributed by atoms with Gasteiger partial charge in [-0.2, -0.15) is 4.98 Å². The number of non-ortho nitro benzene ring substituents is 1. The molecule has 1 heterocycles. The van der Waals surface area contributed by atoms with E-state index in [1.807, 2.05) is 0 Å². The van der Waals surface area contributed by atoms with Crippen molar-refractivity contribution in [1.82, 2.24) is 4.98 Å². The van der Waals surface area contributed by atoms with Crippen molar-refractivity contribution in [3.8, 4) is 11.6 Å². The highest BCUT2D eigenvalue weighted by Crippen LogP contribution is 2.32. The molecule has 0 unspecified atom stereocenters. The van der Waals surface area contributed by atoms with Gasteiger partial charge in [-0.15, -0.1) is 0 Å². The van der Waals surface area contributed by atoms with Crippen molar-refractivity contribution in [1.29, 1.82) is 0 Å². The Morgan fingerprint density at radius 2 is 2.11 bits per heavy atom. The van der Waals surface area contributed by atoms with E-state index >= 15 is 0 Å². The van der Waals surface area contributed by atoms with E-state index in [1.54, 1.807) is 24.3 Å². The average Bonchev–Trinajstić information content (AvgIpc) is 2.31. The molecule has 7 heteroatoms. The fraction of sp³-hybridized carbons (Fsp3) is 0. The first kappa shape index (κ1) is 12.3. The van der Waals surface area contributed by atoms with Crippen molar-refractivity contribution in [3.63, 3.8) is 0 Å². The number of aromatic nitrogens is 1. The number of ether oxygens (including phenoxy) is 1. The lowest BCUT2D eigenvalue weighted by Gasteiger charge is -2.06. The van der Waals surface area contributed by atoms with Crippen LogP contribution in [0.15, 0.2) is 40.9 Å². The molecule has 6 nitrogen and oxygen atoms in total. The fourth-order valence-corrected chi connectivity index (χ4v) is 1.61. The minimum absolute atomic E-state index is 0.0582. The topological polar surface area (TPSA) is 91.3 Å². The third kappa shape index (κ3) is 2.75. The van der Waals surface area contributed by atoms with Crippen LogP contribution in [0.25, 0.3) is 0 Å². The van der Waals surface area contributed by atoms with Gasteiger partial charge in [-0.05, 0) is 28.1 Å². The third-order valence-corrected chi connectivity index (χ3v) is 2.74. The first-order valence-corrected chi connectivity index (χ1v) is 5.70. The number of nitrogens with zero attached hydrogens (tertiary/aromatic N) is 2. The van der Waals surface area contributed by atoms with Gasteiger partial charge < -0.3 is 10.5 Å². The van der Waals surface area contributed by atoms with Gasteiger partial charge in [0, 0.05) is 12.1 Å². The number of nitro benzene ring substituents is 1. The molecule has 0 atom stereocenters. The molecule has 0 amide bonds. The molecule has 92 valence electrons. The summed E-state index contributed by atoms with van der Waals surface area (Å²) in [6.07, 6.45) is 0. The van der Waals surface area contributed by atoms with Gasteiger partial charge >= 0.3 is 0 Å². The Kier molecular flexibility index (Phi) is 3.42. The number of nitrogen functional groups attached to an aromatic ring is 1. The normalized spacial score (nSPS) is 10.1. The SMILES string of the molecule is Nc1cccc(Oc2cc([N+](=O)[O-])ccc2Br)n1. The maximum absolute atomic E-state index is 10.7. The van der Waals surface area contributed by atoms with E-state index in [2.05, 4.69) is 20.9 Å². The summed E-state index contributed by atoms with van der Waals surface area (Å²) in [5, 5.41) is 10.7. The van der Waals surface area contributed by atoms with E-state index in [0.717, 1.165) is 0 Å². The van der Waals surface area contributed by atoms with E-state index < -0.39 is 4.92 Å². The lowest BCUT2D eigenvalue weighted by molar-refractivity contribution is -0.384. The lowest BCUT2D eigenvalue weighted by atomic mass is 10.3. The smallest absolute Gasteiger partial charge is 0.273 e. The number of anilines is 1. The maximum atomic E-state index is 10.7. The van der Waals surface area contributed by atoms with Gasteiger partial charge in [0.05, 0.1) is 15.5 Å². The zero-order valence-electron chi connectivity index (χ0n) is 9.04. The Morgan fingerprint density at radius 3 is 2.78 bits per heavy atom. The zero-order valence-corrected chi connectivity index (χ0v) is 10.6. The molecule has 0 spiro atoms. The van der Waals surface area contributed by atoms with E-state index in [0.29, 0.717) is 16.0 Å². The predicted octanol–water partition coefficient (Wildman–Crippen LogP) is 3.13. The van der Waals surface area contributed by atoms with Crippen LogP contribution in [-0.2, 0) is 0 Å². The number of nitrogens with two attached hydrogens (primary N) is 1. The number of hydrogen-bond acceptors (Lipinski definition) is 5. The van der Waals surface area contributed by atoms with Crippen molar-refractivity contribution >= 4 is 27.4 Å². The van der Waals surface area contributed by atoms with Crippen molar-refractivity contribution in [2.45, 2.75) is 0 Å². The van der Waals surface area contributed by atoms with Gasteiger partial charge in [-0.1, -0.05) is 6.07 Å². The van der Waals surface area contributed by atoms with Crippen LogP contribution >= 0.6 is 15.9 Å².